The maximum Gasteiger partial charge on any atom is 0.339 e. The number of hydrogen-bond acceptors (Lipinski definition) is 6. The number of sulfone groups is 1. The Morgan fingerprint density at radius 3 is 2.60 bits per heavy atom. The van der Waals surface area contributed by atoms with E-state index in [9.17, 15) is 13.2 Å². The summed E-state index contributed by atoms with van der Waals surface area (Å²) in [5.74, 6) is -0.517. The number of carbonyl (C=O) groups excluding carboxylic acids is 1. The van der Waals surface area contributed by atoms with E-state index in [1.54, 1.807) is 0 Å². The molecule has 0 atom stereocenters. The van der Waals surface area contributed by atoms with E-state index in [2.05, 4.69) is 9.72 Å². The Bertz CT molecular complexity index is 752. The average Bonchev–Trinajstić information content (AvgIpc) is 2.89. The molecule has 0 radical (unpaired) electrons. The quantitative estimate of drug-likeness (QED) is 0.807. The predicted octanol–water partition coefficient (Wildman–Crippen LogP) is 2.19. The number of oxazole rings is 1. The number of methoxy groups -OCH3 is 1. The maximum absolute atomic E-state index is 11.8. The van der Waals surface area contributed by atoms with Crippen molar-refractivity contribution in [3.05, 3.63) is 35.3 Å². The van der Waals surface area contributed by atoms with E-state index in [1.165, 1.54) is 25.4 Å². The van der Waals surface area contributed by atoms with Crippen LogP contribution >= 0.6 is 11.6 Å². The van der Waals surface area contributed by atoms with Crippen molar-refractivity contribution in [1.82, 2.24) is 4.98 Å². The zero-order chi connectivity index (χ0) is 14.9. The molecule has 0 spiro atoms. The van der Waals surface area contributed by atoms with Gasteiger partial charge in [0.1, 0.15) is 0 Å². The topological polar surface area (TPSA) is 86.5 Å². The smallest absolute Gasteiger partial charge is 0.339 e. The second-order valence-corrected chi connectivity index (χ2v) is 6.29. The summed E-state index contributed by atoms with van der Waals surface area (Å²) in [6.07, 6.45) is 3.50. The second kappa shape index (κ2) is 5.26. The normalized spacial score (nSPS) is 11.3. The number of ether oxygens (including phenoxy) is 1. The molecule has 0 aliphatic carbocycles. The molecule has 1 heterocycles. The van der Waals surface area contributed by atoms with E-state index in [4.69, 9.17) is 16.0 Å². The Labute approximate surface area is 120 Å². The van der Waals surface area contributed by atoms with Gasteiger partial charge >= 0.3 is 5.97 Å². The average molecular weight is 316 g/mol. The molecule has 0 N–H and O–H groups in total. The van der Waals surface area contributed by atoms with Crippen LogP contribution in [0.5, 0.6) is 0 Å². The molecule has 8 heteroatoms. The third-order valence-electron chi connectivity index (χ3n) is 2.59. The third kappa shape index (κ3) is 2.54. The summed E-state index contributed by atoms with van der Waals surface area (Å²) in [6.45, 7) is 0. The van der Waals surface area contributed by atoms with Crippen molar-refractivity contribution >= 4 is 27.4 Å². The van der Waals surface area contributed by atoms with Gasteiger partial charge in [0, 0.05) is 6.26 Å². The monoisotopic (exact) mass is 315 g/mol. The second-order valence-electron chi connectivity index (χ2n) is 3.93. The van der Waals surface area contributed by atoms with Crippen molar-refractivity contribution in [1.29, 1.82) is 0 Å². The Morgan fingerprint density at radius 1 is 1.40 bits per heavy atom. The van der Waals surface area contributed by atoms with Crippen LogP contribution in [0.4, 0.5) is 0 Å². The number of aromatic nitrogens is 1. The molecule has 6 nitrogen and oxygen atoms in total. The molecular formula is C12H10ClNO5S. The first kappa shape index (κ1) is 14.5. The first-order chi connectivity index (χ1) is 9.36. The van der Waals surface area contributed by atoms with Crippen LogP contribution in [0.2, 0.25) is 5.02 Å². The summed E-state index contributed by atoms with van der Waals surface area (Å²) in [4.78, 5) is 15.3. The summed E-state index contributed by atoms with van der Waals surface area (Å²) >= 11 is 6.13. The van der Waals surface area contributed by atoms with Gasteiger partial charge in [-0.05, 0) is 12.1 Å². The van der Waals surface area contributed by atoms with E-state index in [1.807, 2.05) is 0 Å². The summed E-state index contributed by atoms with van der Waals surface area (Å²) in [6, 6.07) is 2.58. The largest absolute Gasteiger partial charge is 0.465 e. The third-order valence-corrected chi connectivity index (χ3v) is 4.12. The van der Waals surface area contributed by atoms with E-state index in [0.717, 1.165) is 12.6 Å². The van der Waals surface area contributed by atoms with Crippen molar-refractivity contribution in [3.8, 4) is 11.3 Å². The van der Waals surface area contributed by atoms with Gasteiger partial charge in [0.25, 0.3) is 0 Å². The van der Waals surface area contributed by atoms with Gasteiger partial charge in [-0.15, -0.1) is 0 Å². The van der Waals surface area contributed by atoms with Crippen molar-refractivity contribution in [2.45, 2.75) is 4.90 Å². The number of rotatable bonds is 3. The highest BCUT2D eigenvalue weighted by molar-refractivity contribution is 7.90. The molecule has 2 aromatic rings. The number of carbonyl (C=O) groups is 1. The molecule has 0 bridgehead atoms. The number of esters is 1. The lowest BCUT2D eigenvalue weighted by molar-refractivity contribution is 0.0601. The highest BCUT2D eigenvalue weighted by atomic mass is 35.5. The number of halogens is 1. The van der Waals surface area contributed by atoms with Crippen molar-refractivity contribution < 1.29 is 22.4 Å². The molecule has 1 aromatic heterocycles. The van der Waals surface area contributed by atoms with E-state index < -0.39 is 15.8 Å². The zero-order valence-corrected chi connectivity index (χ0v) is 12.2. The summed E-state index contributed by atoms with van der Waals surface area (Å²) in [7, 11) is -2.35. The molecule has 106 valence electrons. The van der Waals surface area contributed by atoms with E-state index in [0.29, 0.717) is 0 Å². The van der Waals surface area contributed by atoms with Crippen LogP contribution in [0.15, 0.2) is 34.0 Å². The standard InChI is InChI=1S/C12H10ClNO5S/c1-18-12(15)7-3-4-9(20(2,16)17)10(11(7)13)8-5-14-6-19-8/h3-6H,1-2H3. The van der Waals surface area contributed by atoms with E-state index >= 15 is 0 Å². The lowest BCUT2D eigenvalue weighted by atomic mass is 10.1. The first-order valence-corrected chi connectivity index (χ1v) is 7.63. The fourth-order valence-electron chi connectivity index (χ4n) is 1.70. The van der Waals surface area contributed by atoms with Crippen LogP contribution in [0, 0.1) is 0 Å². The Hall–Kier alpha value is -1.86. The maximum atomic E-state index is 11.8. The molecule has 0 unspecified atom stereocenters. The van der Waals surface area contributed by atoms with Crippen molar-refractivity contribution in [2.75, 3.05) is 13.4 Å². The lowest BCUT2D eigenvalue weighted by Gasteiger charge is -2.10. The molecule has 0 fully saturated rings. The highest BCUT2D eigenvalue weighted by Crippen LogP contribution is 2.36. The van der Waals surface area contributed by atoms with Crippen LogP contribution in [-0.2, 0) is 14.6 Å². The summed E-state index contributed by atoms with van der Waals surface area (Å²) in [5, 5.41) is -0.0588. The van der Waals surface area contributed by atoms with Crippen LogP contribution < -0.4 is 0 Å². The van der Waals surface area contributed by atoms with Gasteiger partial charge in [0.2, 0.25) is 0 Å². The van der Waals surface area contributed by atoms with Gasteiger partial charge in [-0.2, -0.15) is 0 Å². The van der Waals surface area contributed by atoms with Gasteiger partial charge in [-0.25, -0.2) is 18.2 Å². The number of nitrogens with zero attached hydrogens (tertiary/aromatic N) is 1. The highest BCUT2D eigenvalue weighted by Gasteiger charge is 2.24. The molecule has 0 aliphatic heterocycles. The van der Waals surface area contributed by atoms with Gasteiger partial charge in [0.05, 0.1) is 34.4 Å². The van der Waals surface area contributed by atoms with Crippen LogP contribution in [0.3, 0.4) is 0 Å². The molecule has 2 rings (SSSR count). The number of hydrogen-bond donors (Lipinski definition) is 0. The zero-order valence-electron chi connectivity index (χ0n) is 10.6. The van der Waals surface area contributed by atoms with Gasteiger partial charge < -0.3 is 9.15 Å². The Balaban J connectivity index is 2.81. The molecule has 1 aromatic carbocycles. The molecule has 0 saturated heterocycles. The van der Waals surface area contributed by atoms with Crippen molar-refractivity contribution in [2.24, 2.45) is 0 Å². The van der Waals surface area contributed by atoms with Crippen LogP contribution in [-0.4, -0.2) is 32.7 Å². The molecule has 0 amide bonds. The minimum absolute atomic E-state index is 0.0490. The predicted molar refractivity (Wildman–Crippen MR) is 71.4 cm³/mol. The molecule has 0 aliphatic rings. The van der Waals surface area contributed by atoms with Gasteiger partial charge in [-0.1, -0.05) is 11.6 Å². The van der Waals surface area contributed by atoms with Crippen LogP contribution in [0.1, 0.15) is 10.4 Å². The Morgan fingerprint density at radius 2 is 2.10 bits per heavy atom. The summed E-state index contributed by atoms with van der Waals surface area (Å²) < 4.78 is 33.3. The van der Waals surface area contributed by atoms with Gasteiger partial charge in [-0.3, -0.25) is 0 Å². The van der Waals surface area contributed by atoms with Gasteiger partial charge in [0.15, 0.2) is 22.0 Å². The fourth-order valence-corrected chi connectivity index (χ4v) is 2.98. The SMILES string of the molecule is COC(=O)c1ccc(S(C)(=O)=O)c(-c2cnco2)c1Cl. The van der Waals surface area contributed by atoms with E-state index in [-0.39, 0.29) is 26.8 Å². The molecular weight excluding hydrogens is 306 g/mol. The Kier molecular flexibility index (Phi) is 3.82. The number of benzene rings is 1. The summed E-state index contributed by atoms with van der Waals surface area (Å²) in [5.41, 5.74) is 0.141. The van der Waals surface area contributed by atoms with Crippen LogP contribution in [0.25, 0.3) is 11.3 Å². The lowest BCUT2D eigenvalue weighted by Crippen LogP contribution is -2.06. The molecule has 0 saturated carbocycles. The minimum Gasteiger partial charge on any atom is -0.465 e. The first-order valence-electron chi connectivity index (χ1n) is 5.36. The minimum atomic E-state index is -3.56. The van der Waals surface area contributed by atoms with Crippen molar-refractivity contribution in [3.63, 3.8) is 0 Å². The fraction of sp³-hybridized carbons (Fsp3) is 0.167. The molecule has 20 heavy (non-hydrogen) atoms.